The van der Waals surface area contributed by atoms with Gasteiger partial charge in [-0.25, -0.2) is 0 Å². The van der Waals surface area contributed by atoms with E-state index in [1.165, 1.54) is 0 Å². The summed E-state index contributed by atoms with van der Waals surface area (Å²) in [5.41, 5.74) is 0. The molecule has 4 aliphatic rings. The number of carbonyl (C=O) groups is 3. The summed E-state index contributed by atoms with van der Waals surface area (Å²) in [5, 5.41) is 27.2. The van der Waals surface area contributed by atoms with Gasteiger partial charge in [0.1, 0.15) is 0 Å². The van der Waals surface area contributed by atoms with Crippen molar-refractivity contribution in [3.8, 4) is 0 Å². The van der Waals surface area contributed by atoms with Crippen molar-refractivity contribution in [3.05, 3.63) is 12.2 Å². The van der Waals surface area contributed by atoms with Gasteiger partial charge >= 0.3 is 17.9 Å². The third-order valence-corrected chi connectivity index (χ3v) is 5.65. The van der Waals surface area contributed by atoms with Gasteiger partial charge in [-0.15, -0.1) is 11.6 Å². The van der Waals surface area contributed by atoms with Crippen LogP contribution in [0, 0.1) is 41.4 Å². The number of carboxylic acids is 3. The normalized spacial score (nSPS) is 48.2. The molecule has 6 unspecified atom stereocenters. The Balaban J connectivity index is 2.02. The van der Waals surface area contributed by atoms with Gasteiger partial charge in [0.2, 0.25) is 0 Å². The van der Waals surface area contributed by atoms with Crippen LogP contribution in [0.4, 0.5) is 0 Å². The first kappa shape index (κ1) is 13.4. The van der Waals surface area contributed by atoms with Gasteiger partial charge in [-0.3, -0.25) is 14.4 Å². The molecule has 4 rings (SSSR count). The highest BCUT2D eigenvalue weighted by molar-refractivity contribution is 6.23. The van der Waals surface area contributed by atoms with E-state index < -0.39 is 52.9 Å². The van der Waals surface area contributed by atoms with Crippen LogP contribution in [0.5, 0.6) is 0 Å². The minimum Gasteiger partial charge on any atom is -0.481 e. The zero-order chi connectivity index (χ0) is 14.8. The first-order chi connectivity index (χ1) is 9.36. The quantitative estimate of drug-likeness (QED) is 0.524. The number of fused-ring (bicyclic) bond motifs is 1. The van der Waals surface area contributed by atoms with Crippen LogP contribution in [0.25, 0.3) is 0 Å². The second kappa shape index (κ2) is 4.22. The summed E-state index contributed by atoms with van der Waals surface area (Å²) in [6, 6.07) is 0. The molecule has 4 aliphatic carbocycles. The fourth-order valence-electron chi connectivity index (χ4n) is 4.37. The number of rotatable bonds is 3. The van der Waals surface area contributed by atoms with Crippen LogP contribution in [-0.4, -0.2) is 38.6 Å². The van der Waals surface area contributed by atoms with Crippen LogP contribution in [0.15, 0.2) is 12.2 Å². The van der Waals surface area contributed by atoms with Crippen molar-refractivity contribution < 1.29 is 29.7 Å². The molecule has 108 valence electrons. The maximum atomic E-state index is 11.4. The van der Waals surface area contributed by atoms with E-state index in [1.54, 1.807) is 12.2 Å². The summed E-state index contributed by atoms with van der Waals surface area (Å²) in [4.78, 5) is 34.1. The average molecular weight is 301 g/mol. The van der Waals surface area contributed by atoms with Gasteiger partial charge in [-0.05, 0) is 23.7 Å². The molecule has 3 N–H and O–H groups in total. The fraction of sp³-hybridized carbons (Fsp3) is 0.615. The molecule has 0 amide bonds. The number of carboxylic acid groups (broad SMARTS) is 3. The van der Waals surface area contributed by atoms with Gasteiger partial charge < -0.3 is 15.3 Å². The van der Waals surface area contributed by atoms with Crippen LogP contribution >= 0.6 is 11.6 Å². The average Bonchev–Trinajstić information content (AvgIpc) is 2.35. The van der Waals surface area contributed by atoms with E-state index in [1.807, 2.05) is 0 Å². The van der Waals surface area contributed by atoms with E-state index in [2.05, 4.69) is 0 Å². The predicted molar refractivity (Wildman–Crippen MR) is 66.1 cm³/mol. The second-order valence-corrected chi connectivity index (χ2v) is 6.23. The highest BCUT2D eigenvalue weighted by Crippen LogP contribution is 2.63. The Kier molecular flexibility index (Phi) is 2.83. The minimum atomic E-state index is -1.18. The third-order valence-electron chi connectivity index (χ3n) is 5.09. The Morgan fingerprint density at radius 1 is 0.750 bits per heavy atom. The number of halogens is 1. The zero-order valence-electron chi connectivity index (χ0n) is 10.2. The molecule has 2 saturated carbocycles. The Morgan fingerprint density at radius 2 is 1.15 bits per heavy atom. The Bertz CT molecular complexity index is 529. The molecule has 2 bridgehead atoms. The summed E-state index contributed by atoms with van der Waals surface area (Å²) in [5.74, 6) is -7.98. The summed E-state index contributed by atoms with van der Waals surface area (Å²) < 4.78 is 0. The Morgan fingerprint density at radius 3 is 1.55 bits per heavy atom. The van der Waals surface area contributed by atoms with Crippen molar-refractivity contribution in [1.82, 2.24) is 0 Å². The monoisotopic (exact) mass is 300 g/mol. The SMILES string of the molecule is O=C(O)C1C2C=CC(C1C(=O)O)C1C2[C@H](Cl)[C@H]1C(=O)O. The molecule has 7 heteroatoms. The molecule has 0 aromatic carbocycles. The lowest BCUT2D eigenvalue weighted by molar-refractivity contribution is -0.182. The van der Waals surface area contributed by atoms with Crippen LogP contribution in [-0.2, 0) is 14.4 Å². The molecule has 0 aliphatic heterocycles. The molecular formula is C13H13ClO6. The molecule has 0 spiro atoms. The maximum absolute atomic E-state index is 11.4. The van der Waals surface area contributed by atoms with Crippen LogP contribution < -0.4 is 0 Å². The molecule has 0 aromatic rings. The second-order valence-electron chi connectivity index (χ2n) is 5.73. The van der Waals surface area contributed by atoms with Crippen LogP contribution in [0.1, 0.15) is 0 Å². The Labute approximate surface area is 119 Å². The van der Waals surface area contributed by atoms with Crippen LogP contribution in [0.2, 0.25) is 0 Å². The molecular weight excluding hydrogens is 288 g/mol. The van der Waals surface area contributed by atoms with Gasteiger partial charge in [0, 0.05) is 0 Å². The molecule has 6 nitrogen and oxygen atoms in total. The molecule has 0 heterocycles. The standard InChI is InChI=1S/C13H13ClO6/c14-10-6-4-2-1-3(5(6)9(10)13(19)20)7(11(15)16)8(4)12(17)18/h1-10H,(H,15,16)(H,17,18)(H,19,20)/t3?,4?,5?,6?,7?,8?,9-,10-/m0/s1. The molecule has 20 heavy (non-hydrogen) atoms. The number of allylic oxidation sites excluding steroid dienone is 2. The number of hydrogen-bond acceptors (Lipinski definition) is 3. The van der Waals surface area contributed by atoms with Crippen molar-refractivity contribution >= 4 is 29.5 Å². The van der Waals surface area contributed by atoms with Gasteiger partial charge in [0.05, 0.1) is 23.1 Å². The molecule has 2 fully saturated rings. The van der Waals surface area contributed by atoms with Crippen LogP contribution in [0.3, 0.4) is 0 Å². The highest BCUT2D eigenvalue weighted by atomic mass is 35.5. The first-order valence-corrected chi connectivity index (χ1v) is 6.80. The first-order valence-electron chi connectivity index (χ1n) is 6.37. The zero-order valence-corrected chi connectivity index (χ0v) is 11.0. The van der Waals surface area contributed by atoms with Gasteiger partial charge in [0.15, 0.2) is 0 Å². The summed E-state index contributed by atoms with van der Waals surface area (Å²) in [6.07, 6.45) is 3.38. The smallest absolute Gasteiger partial charge is 0.308 e. The molecule has 0 radical (unpaired) electrons. The lowest BCUT2D eigenvalue weighted by Crippen LogP contribution is -2.66. The van der Waals surface area contributed by atoms with Crippen molar-refractivity contribution in [3.63, 3.8) is 0 Å². The van der Waals surface area contributed by atoms with E-state index in [9.17, 15) is 29.7 Å². The van der Waals surface area contributed by atoms with E-state index in [0.717, 1.165) is 0 Å². The van der Waals surface area contributed by atoms with Crippen molar-refractivity contribution in [2.45, 2.75) is 5.38 Å². The lowest BCUT2D eigenvalue weighted by atomic mass is 9.43. The number of hydrogen-bond donors (Lipinski definition) is 3. The lowest BCUT2D eigenvalue weighted by Gasteiger charge is -2.61. The van der Waals surface area contributed by atoms with Gasteiger partial charge in [0.25, 0.3) is 0 Å². The fourth-order valence-corrected chi connectivity index (χ4v) is 4.98. The van der Waals surface area contributed by atoms with E-state index in [0.29, 0.717) is 0 Å². The van der Waals surface area contributed by atoms with E-state index in [4.69, 9.17) is 11.6 Å². The largest absolute Gasteiger partial charge is 0.481 e. The minimum absolute atomic E-state index is 0.260. The molecule has 8 atom stereocenters. The maximum Gasteiger partial charge on any atom is 0.308 e. The number of alkyl halides is 1. The molecule has 0 saturated heterocycles. The topological polar surface area (TPSA) is 112 Å². The summed E-state index contributed by atoms with van der Waals surface area (Å²) in [7, 11) is 0. The van der Waals surface area contributed by atoms with Crippen molar-refractivity contribution in [1.29, 1.82) is 0 Å². The molecule has 0 aromatic heterocycles. The van der Waals surface area contributed by atoms with Gasteiger partial charge in [-0.2, -0.15) is 0 Å². The highest BCUT2D eigenvalue weighted by Gasteiger charge is 2.68. The third kappa shape index (κ3) is 1.48. The van der Waals surface area contributed by atoms with E-state index in [-0.39, 0.29) is 11.8 Å². The van der Waals surface area contributed by atoms with Gasteiger partial charge in [-0.1, -0.05) is 12.2 Å². The van der Waals surface area contributed by atoms with E-state index >= 15 is 0 Å². The van der Waals surface area contributed by atoms with Crippen molar-refractivity contribution in [2.75, 3.05) is 0 Å². The predicted octanol–water partition coefficient (Wildman–Crippen LogP) is 0.758. The Hall–Kier alpha value is -1.56. The summed E-state index contributed by atoms with van der Waals surface area (Å²) >= 11 is 6.12. The van der Waals surface area contributed by atoms with Crippen molar-refractivity contribution in [2.24, 2.45) is 41.4 Å². The number of aliphatic carboxylic acids is 3. The summed E-state index contributed by atoms with van der Waals surface area (Å²) in [6.45, 7) is 0.